The molecule has 330 valence electrons. The number of aliphatic carboxylic acids is 1. The number of hydrogen-bond donors (Lipinski definition) is 3. The minimum Gasteiger partial charge on any atom is -0.477 e. The van der Waals surface area contributed by atoms with Gasteiger partial charge in [0.25, 0.3) is 11.8 Å². The Morgan fingerprint density at radius 3 is 1.89 bits per heavy atom. The van der Waals surface area contributed by atoms with Gasteiger partial charge in [-0.2, -0.15) is 0 Å². The summed E-state index contributed by atoms with van der Waals surface area (Å²) in [5.41, 5.74) is 1.98. The number of benzene rings is 5. The van der Waals surface area contributed by atoms with Crippen molar-refractivity contribution in [3.8, 4) is 0 Å². The van der Waals surface area contributed by atoms with E-state index in [-0.39, 0.29) is 17.1 Å². The van der Waals surface area contributed by atoms with Crippen molar-refractivity contribution in [3.05, 3.63) is 201 Å². The smallest absolute Gasteiger partial charge is 0.353 e. The van der Waals surface area contributed by atoms with E-state index >= 15 is 9.59 Å². The number of amides is 2. The van der Waals surface area contributed by atoms with Gasteiger partial charge < -0.3 is 25.3 Å². The Hall–Kier alpha value is -6.19. The van der Waals surface area contributed by atoms with Crippen molar-refractivity contribution in [2.24, 2.45) is 11.1 Å². The molecule has 3 aliphatic heterocycles. The second kappa shape index (κ2) is 19.5. The molecule has 0 radical (unpaired) electrons. The zero-order valence-electron chi connectivity index (χ0n) is 35.5. The van der Waals surface area contributed by atoms with E-state index in [9.17, 15) is 9.90 Å². The van der Waals surface area contributed by atoms with Crippen molar-refractivity contribution < 1.29 is 29.1 Å². The molecule has 0 spiro atoms. The molecule has 1 aromatic heterocycles. The lowest BCUT2D eigenvalue weighted by Gasteiger charge is -2.60. The van der Waals surface area contributed by atoms with E-state index in [1.807, 2.05) is 115 Å². The number of carboxylic acid groups (broad SMARTS) is 1. The number of β-lactam (4-membered cyclic amide) rings is 1. The molecule has 3 N–H and O–H groups in total. The van der Waals surface area contributed by atoms with E-state index in [0.717, 1.165) is 46.4 Å². The molecule has 11 nitrogen and oxygen atoms in total. The number of oxime groups is 1. The van der Waals surface area contributed by atoms with Crippen LogP contribution in [0.25, 0.3) is 0 Å². The number of thiazole rings is 1. The zero-order chi connectivity index (χ0) is 44.8. The number of hydrogen-bond acceptors (Lipinski definition) is 11. The number of carbonyl (C=O) groups excluding carboxylic acids is 2. The minimum atomic E-state index is -1.66. The molecule has 1 unspecified atom stereocenters. The summed E-state index contributed by atoms with van der Waals surface area (Å²) in [4.78, 5) is 56.1. The van der Waals surface area contributed by atoms with Gasteiger partial charge in [-0.05, 0) is 46.6 Å². The second-order valence-electron chi connectivity index (χ2n) is 16.0. The fourth-order valence-electron chi connectivity index (χ4n) is 9.18. The highest BCUT2D eigenvalue weighted by Gasteiger charge is 2.69. The second-order valence-corrected chi connectivity index (χ2v) is 19.0. The molecule has 9 rings (SSSR count). The first-order valence-corrected chi connectivity index (χ1v) is 24.3. The van der Waals surface area contributed by atoms with Crippen molar-refractivity contribution in [2.75, 3.05) is 37.1 Å². The summed E-state index contributed by atoms with van der Waals surface area (Å²) in [6, 6.07) is 49.5. The van der Waals surface area contributed by atoms with Crippen LogP contribution in [-0.2, 0) is 29.5 Å². The van der Waals surface area contributed by atoms with Crippen LogP contribution in [0.5, 0.6) is 0 Å². The van der Waals surface area contributed by atoms with Crippen LogP contribution >= 0.6 is 34.9 Å². The molecule has 5 aromatic carbocycles. The molecule has 2 saturated heterocycles. The van der Waals surface area contributed by atoms with Crippen LogP contribution in [0.15, 0.2) is 173 Å². The summed E-state index contributed by atoms with van der Waals surface area (Å²) >= 11 is 4.26. The highest BCUT2D eigenvalue weighted by molar-refractivity contribution is 8.06. The molecule has 3 aliphatic rings. The lowest BCUT2D eigenvalue weighted by Crippen LogP contribution is -2.82. The molecule has 2 fully saturated rings. The molecule has 0 aliphatic carbocycles. The molecule has 2 atom stereocenters. The maximum Gasteiger partial charge on any atom is 0.353 e. The van der Waals surface area contributed by atoms with E-state index in [1.165, 1.54) is 46.9 Å². The quantitative estimate of drug-likeness (QED) is 0.0373. The normalized spacial score (nSPS) is 19.0. The average Bonchev–Trinajstić information content (AvgIpc) is 3.83. The Kier molecular flexibility index (Phi) is 13.2. The largest absolute Gasteiger partial charge is 0.477 e. The van der Waals surface area contributed by atoms with Gasteiger partial charge in [-0.25, -0.2) is 9.78 Å². The highest BCUT2D eigenvalue weighted by Crippen LogP contribution is 2.55. The first-order chi connectivity index (χ1) is 31.8. The van der Waals surface area contributed by atoms with Crippen molar-refractivity contribution >= 4 is 63.5 Å². The van der Waals surface area contributed by atoms with Crippen LogP contribution < -0.4 is 10.6 Å². The van der Waals surface area contributed by atoms with Gasteiger partial charge in [0.05, 0.1) is 0 Å². The molecule has 4 heterocycles. The zero-order valence-corrected chi connectivity index (χ0v) is 38.0. The van der Waals surface area contributed by atoms with E-state index in [1.54, 1.807) is 5.38 Å². The van der Waals surface area contributed by atoms with Crippen LogP contribution in [0, 0.1) is 5.92 Å². The molecule has 0 bridgehead atoms. The first kappa shape index (κ1) is 44.0. The Morgan fingerprint density at radius 1 is 0.862 bits per heavy atom. The van der Waals surface area contributed by atoms with Gasteiger partial charge in [0.15, 0.2) is 16.4 Å². The Balaban J connectivity index is 1.10. The fourth-order valence-corrected chi connectivity index (χ4v) is 12.9. The van der Waals surface area contributed by atoms with Crippen LogP contribution in [0.3, 0.4) is 0 Å². The SMILES string of the molecule is CO/N=C(\C(=O)NC1(C(c2ccccc2)c2ccccc2)C(=O)N2C(C(=O)O)=C(SCC3CCOCC3)CS[C@H]21)c1csc(NC(c2ccccc2)(c2ccccc2)c2ccccc2)n1. The molecule has 0 saturated carbocycles. The number of thioether (sulfide) groups is 2. The van der Waals surface area contributed by atoms with Gasteiger partial charge >= 0.3 is 5.97 Å². The topological polar surface area (TPSA) is 142 Å². The minimum absolute atomic E-state index is 0.0414. The van der Waals surface area contributed by atoms with Crippen LogP contribution in [0.4, 0.5) is 5.13 Å². The van der Waals surface area contributed by atoms with Crippen molar-refractivity contribution in [3.63, 3.8) is 0 Å². The predicted molar refractivity (Wildman–Crippen MR) is 258 cm³/mol. The van der Waals surface area contributed by atoms with Crippen LogP contribution in [0.2, 0.25) is 0 Å². The van der Waals surface area contributed by atoms with E-state index in [2.05, 4.69) is 52.2 Å². The van der Waals surface area contributed by atoms with Gasteiger partial charge in [-0.1, -0.05) is 157 Å². The molecule has 6 aromatic rings. The fraction of sp³-hybridized carbons (Fsp3) is 0.235. The lowest BCUT2D eigenvalue weighted by atomic mass is 9.68. The van der Waals surface area contributed by atoms with Crippen molar-refractivity contribution in [2.45, 2.75) is 35.2 Å². The summed E-state index contributed by atoms with van der Waals surface area (Å²) in [5, 5.41) is 23.5. The van der Waals surface area contributed by atoms with Gasteiger partial charge in [0.1, 0.15) is 29.4 Å². The van der Waals surface area contributed by atoms with Crippen molar-refractivity contribution in [1.82, 2.24) is 15.2 Å². The van der Waals surface area contributed by atoms with Crippen molar-refractivity contribution in [1.29, 1.82) is 0 Å². The summed E-state index contributed by atoms with van der Waals surface area (Å²) in [6.45, 7) is 1.37. The molecular weight excluding hydrogens is 875 g/mol. The van der Waals surface area contributed by atoms with E-state index < -0.39 is 40.2 Å². The Morgan fingerprint density at radius 2 is 1.38 bits per heavy atom. The lowest BCUT2D eigenvalue weighted by molar-refractivity contribution is -0.159. The van der Waals surface area contributed by atoms with Gasteiger partial charge in [-0.3, -0.25) is 14.5 Å². The Bertz CT molecular complexity index is 2550. The van der Waals surface area contributed by atoms with E-state index in [0.29, 0.717) is 34.9 Å². The third-order valence-corrected chi connectivity index (χ3v) is 15.8. The number of carbonyl (C=O) groups is 3. The Labute approximate surface area is 390 Å². The van der Waals surface area contributed by atoms with E-state index in [4.69, 9.17) is 14.6 Å². The monoisotopic (exact) mass is 921 g/mol. The summed E-state index contributed by atoms with van der Waals surface area (Å²) in [7, 11) is 1.35. The van der Waals surface area contributed by atoms with Gasteiger partial charge in [0.2, 0.25) is 0 Å². The number of nitrogens with zero attached hydrogens (tertiary/aromatic N) is 3. The molecule has 65 heavy (non-hydrogen) atoms. The maximum atomic E-state index is 15.4. The standard InChI is InChI=1S/C51H47N5O6S3/c1-61-55-43(40-32-65-49(52-40)54-50(37-21-11-4-12-22-37,38-23-13-5-14-24-38)39-25-15-6-16-26-39)45(57)53-51(42(35-17-7-2-8-18-35)36-19-9-3-10-20-36)47(60)56-44(46(58)59)41(33-64-48(51)56)63-31-34-27-29-62-30-28-34/h2-26,32,34,42,48H,27-31,33H2,1H3,(H,52,54)(H,53,57)(H,58,59)/b55-43-/t48-,51?/m0/s1. The third-order valence-electron chi connectivity index (χ3n) is 12.2. The maximum absolute atomic E-state index is 15.4. The predicted octanol–water partition coefficient (Wildman–Crippen LogP) is 8.96. The van der Waals surface area contributed by atoms with Crippen LogP contribution in [0.1, 0.15) is 52.3 Å². The van der Waals surface area contributed by atoms with Gasteiger partial charge in [0, 0.05) is 40.9 Å². The summed E-state index contributed by atoms with van der Waals surface area (Å²) < 4.78 is 5.56. The van der Waals surface area contributed by atoms with Gasteiger partial charge in [-0.15, -0.1) is 34.9 Å². The number of aromatic nitrogens is 1. The number of nitrogens with one attached hydrogen (secondary N) is 2. The molecule has 14 heteroatoms. The molecule has 2 amide bonds. The number of carboxylic acids is 1. The van der Waals surface area contributed by atoms with Crippen LogP contribution in [-0.4, -0.2) is 81.2 Å². The number of rotatable bonds is 16. The summed E-state index contributed by atoms with van der Waals surface area (Å²) in [6.07, 6.45) is 1.81. The number of ether oxygens (including phenoxy) is 1. The molecular formula is C51H47N5O6S3. The number of fused-ring (bicyclic) bond motifs is 1. The average molecular weight is 922 g/mol. The first-order valence-electron chi connectivity index (χ1n) is 21.4. The number of anilines is 1. The summed E-state index contributed by atoms with van der Waals surface area (Å²) in [5.74, 6) is -1.67. The third kappa shape index (κ3) is 8.47. The highest BCUT2D eigenvalue weighted by atomic mass is 32.2.